The number of hydrogen-bond donors (Lipinski definition) is 0. The maximum Gasteiger partial charge on any atom is 0.253 e. The van der Waals surface area contributed by atoms with Crippen molar-refractivity contribution in [3.05, 3.63) is 35.4 Å². The van der Waals surface area contributed by atoms with Crippen LogP contribution in [0.25, 0.3) is 0 Å². The standard InChI is InChI=1S/C12H12N2O2/c15-11(13-5-6-13)9-1-2-10(4-3-9)12(16)14-7-8-14/h1-4H,5-8H2. The number of amides is 2. The van der Waals surface area contributed by atoms with E-state index < -0.39 is 0 Å². The lowest BCUT2D eigenvalue weighted by Crippen LogP contribution is -2.13. The molecule has 0 aromatic heterocycles. The molecule has 2 aliphatic heterocycles. The van der Waals surface area contributed by atoms with Gasteiger partial charge in [-0.2, -0.15) is 0 Å². The molecule has 4 nitrogen and oxygen atoms in total. The molecule has 0 aliphatic carbocycles. The van der Waals surface area contributed by atoms with Crippen LogP contribution in [0.2, 0.25) is 0 Å². The maximum absolute atomic E-state index is 11.7. The Bertz CT molecular complexity index is 402. The third-order valence-corrected chi connectivity index (χ3v) is 2.85. The summed E-state index contributed by atoms with van der Waals surface area (Å²) in [4.78, 5) is 26.9. The Labute approximate surface area is 93.5 Å². The molecule has 0 spiro atoms. The summed E-state index contributed by atoms with van der Waals surface area (Å²) in [5.41, 5.74) is 1.33. The van der Waals surface area contributed by atoms with Crippen LogP contribution in [0, 0.1) is 0 Å². The summed E-state index contributed by atoms with van der Waals surface area (Å²) >= 11 is 0. The van der Waals surface area contributed by atoms with E-state index in [2.05, 4.69) is 0 Å². The van der Waals surface area contributed by atoms with Crippen LogP contribution in [0.15, 0.2) is 24.3 Å². The summed E-state index contributed by atoms with van der Waals surface area (Å²) in [6.07, 6.45) is 0. The first-order chi connectivity index (χ1) is 7.75. The fourth-order valence-corrected chi connectivity index (χ4v) is 1.63. The van der Waals surface area contributed by atoms with Crippen LogP contribution in [-0.2, 0) is 0 Å². The van der Waals surface area contributed by atoms with Crippen molar-refractivity contribution in [2.24, 2.45) is 0 Å². The van der Waals surface area contributed by atoms with Crippen LogP contribution in [0.4, 0.5) is 0 Å². The van der Waals surface area contributed by atoms with Crippen LogP contribution in [0.3, 0.4) is 0 Å². The smallest absolute Gasteiger partial charge is 0.253 e. The molecular weight excluding hydrogens is 204 g/mol. The van der Waals surface area contributed by atoms with Crippen molar-refractivity contribution in [2.45, 2.75) is 0 Å². The first-order valence-corrected chi connectivity index (χ1v) is 5.44. The Hall–Kier alpha value is -1.84. The van der Waals surface area contributed by atoms with Gasteiger partial charge in [0, 0.05) is 37.3 Å². The minimum Gasteiger partial charge on any atom is -0.335 e. The molecule has 2 aliphatic rings. The highest BCUT2D eigenvalue weighted by molar-refractivity contribution is 5.99. The average molecular weight is 216 g/mol. The number of benzene rings is 1. The van der Waals surface area contributed by atoms with Gasteiger partial charge in [0.1, 0.15) is 0 Å². The zero-order valence-corrected chi connectivity index (χ0v) is 8.85. The first-order valence-electron chi connectivity index (χ1n) is 5.44. The van der Waals surface area contributed by atoms with Gasteiger partial charge < -0.3 is 9.80 Å². The second-order valence-corrected chi connectivity index (χ2v) is 4.16. The van der Waals surface area contributed by atoms with Crippen LogP contribution in [0.1, 0.15) is 20.7 Å². The van der Waals surface area contributed by atoms with Crippen molar-refractivity contribution in [1.82, 2.24) is 9.80 Å². The molecule has 3 rings (SSSR count). The maximum atomic E-state index is 11.7. The lowest BCUT2D eigenvalue weighted by atomic mass is 10.1. The van der Waals surface area contributed by atoms with E-state index in [1.807, 2.05) is 0 Å². The topological polar surface area (TPSA) is 40.2 Å². The molecule has 1 aromatic carbocycles. The van der Waals surface area contributed by atoms with Gasteiger partial charge in [-0.3, -0.25) is 9.59 Å². The number of carbonyl (C=O) groups is 2. The van der Waals surface area contributed by atoms with Crippen LogP contribution >= 0.6 is 0 Å². The van der Waals surface area contributed by atoms with Crippen molar-refractivity contribution in [3.8, 4) is 0 Å². The van der Waals surface area contributed by atoms with Crippen molar-refractivity contribution in [3.63, 3.8) is 0 Å². The van der Waals surface area contributed by atoms with Crippen molar-refractivity contribution < 1.29 is 9.59 Å². The molecule has 1 aromatic rings. The minimum atomic E-state index is 0.0609. The Morgan fingerprint density at radius 1 is 0.750 bits per heavy atom. The highest BCUT2D eigenvalue weighted by Gasteiger charge is 2.27. The van der Waals surface area contributed by atoms with Gasteiger partial charge >= 0.3 is 0 Å². The quantitative estimate of drug-likeness (QED) is 0.679. The highest BCUT2D eigenvalue weighted by atomic mass is 16.2. The number of carbonyl (C=O) groups excluding carboxylic acids is 2. The van der Waals surface area contributed by atoms with Gasteiger partial charge in [-0.05, 0) is 24.3 Å². The molecule has 0 bridgehead atoms. The number of hydrogen-bond acceptors (Lipinski definition) is 2. The monoisotopic (exact) mass is 216 g/mol. The summed E-state index contributed by atoms with van der Waals surface area (Å²) in [6.45, 7) is 3.42. The molecule has 2 amide bonds. The molecule has 0 radical (unpaired) electrons. The second kappa shape index (κ2) is 3.33. The van der Waals surface area contributed by atoms with Gasteiger partial charge in [-0.15, -0.1) is 0 Å². The molecule has 16 heavy (non-hydrogen) atoms. The van der Waals surface area contributed by atoms with Crippen molar-refractivity contribution in [1.29, 1.82) is 0 Å². The van der Waals surface area contributed by atoms with Crippen molar-refractivity contribution >= 4 is 11.8 Å². The lowest BCUT2D eigenvalue weighted by molar-refractivity contribution is 0.0873. The van der Waals surface area contributed by atoms with E-state index in [1.54, 1.807) is 34.1 Å². The largest absolute Gasteiger partial charge is 0.335 e. The van der Waals surface area contributed by atoms with E-state index in [0.29, 0.717) is 11.1 Å². The van der Waals surface area contributed by atoms with E-state index in [4.69, 9.17) is 0 Å². The Morgan fingerprint density at radius 2 is 1.06 bits per heavy atom. The van der Waals surface area contributed by atoms with E-state index in [0.717, 1.165) is 26.2 Å². The molecule has 2 heterocycles. The SMILES string of the molecule is O=C(c1ccc(C(=O)N2CC2)cc1)N1CC1. The van der Waals surface area contributed by atoms with Gasteiger partial charge in [0.05, 0.1) is 0 Å². The molecule has 0 saturated carbocycles. The second-order valence-electron chi connectivity index (χ2n) is 4.16. The first kappa shape index (κ1) is 9.39. The third kappa shape index (κ3) is 1.66. The summed E-state index contributed by atoms with van der Waals surface area (Å²) in [5.74, 6) is 0.122. The molecule has 0 unspecified atom stereocenters. The molecule has 0 N–H and O–H groups in total. The number of rotatable bonds is 2. The Morgan fingerprint density at radius 3 is 1.31 bits per heavy atom. The van der Waals surface area contributed by atoms with Gasteiger partial charge in [0.2, 0.25) is 0 Å². The third-order valence-electron chi connectivity index (χ3n) is 2.85. The summed E-state index contributed by atoms with van der Waals surface area (Å²) in [7, 11) is 0. The zero-order chi connectivity index (χ0) is 11.1. The van der Waals surface area contributed by atoms with Gasteiger partial charge in [-0.25, -0.2) is 0 Å². The van der Waals surface area contributed by atoms with Crippen LogP contribution in [0.5, 0.6) is 0 Å². The van der Waals surface area contributed by atoms with Crippen LogP contribution in [-0.4, -0.2) is 47.8 Å². The van der Waals surface area contributed by atoms with E-state index in [9.17, 15) is 9.59 Å². The molecule has 0 atom stereocenters. The fourth-order valence-electron chi connectivity index (χ4n) is 1.63. The summed E-state index contributed by atoms with van der Waals surface area (Å²) in [6, 6.07) is 6.93. The summed E-state index contributed by atoms with van der Waals surface area (Å²) in [5, 5.41) is 0. The van der Waals surface area contributed by atoms with Gasteiger partial charge in [-0.1, -0.05) is 0 Å². The fraction of sp³-hybridized carbons (Fsp3) is 0.333. The lowest BCUT2D eigenvalue weighted by Gasteiger charge is -2.04. The molecule has 82 valence electrons. The van der Waals surface area contributed by atoms with Gasteiger partial charge in [0.25, 0.3) is 11.8 Å². The minimum absolute atomic E-state index is 0.0609. The number of nitrogens with zero attached hydrogens (tertiary/aromatic N) is 2. The van der Waals surface area contributed by atoms with E-state index in [1.165, 1.54) is 0 Å². The van der Waals surface area contributed by atoms with E-state index in [-0.39, 0.29) is 11.8 Å². The van der Waals surface area contributed by atoms with Crippen molar-refractivity contribution in [2.75, 3.05) is 26.2 Å². The molecular formula is C12H12N2O2. The highest BCUT2D eigenvalue weighted by Crippen LogP contribution is 2.16. The Kier molecular flexibility index (Phi) is 1.96. The molecule has 2 fully saturated rings. The van der Waals surface area contributed by atoms with Gasteiger partial charge in [0.15, 0.2) is 0 Å². The molecule has 2 saturated heterocycles. The normalized spacial score (nSPS) is 17.2. The summed E-state index contributed by atoms with van der Waals surface area (Å²) < 4.78 is 0. The predicted molar refractivity (Wildman–Crippen MR) is 58.2 cm³/mol. The zero-order valence-electron chi connectivity index (χ0n) is 8.85. The predicted octanol–water partition coefficient (Wildman–Crippen LogP) is 0.598. The molecule has 4 heteroatoms. The van der Waals surface area contributed by atoms with Crippen LogP contribution < -0.4 is 0 Å². The Balaban J connectivity index is 1.78. The van der Waals surface area contributed by atoms with E-state index >= 15 is 0 Å². The average Bonchev–Trinajstić information content (AvgIpc) is 3.20.